The van der Waals surface area contributed by atoms with E-state index in [-0.39, 0.29) is 5.75 Å². The fourth-order valence-corrected chi connectivity index (χ4v) is 3.17. The van der Waals surface area contributed by atoms with Gasteiger partial charge >= 0.3 is 0 Å². The largest absolute Gasteiger partial charge is 0.228 e. The van der Waals surface area contributed by atoms with Crippen LogP contribution in [0.2, 0.25) is 0 Å². The van der Waals surface area contributed by atoms with Crippen LogP contribution in [0, 0.1) is 0 Å². The number of hydrogen-bond donors (Lipinski definition) is 0. The molecular formula is C9H13ClO2S. The van der Waals surface area contributed by atoms with E-state index in [0.717, 1.165) is 0 Å². The van der Waals surface area contributed by atoms with E-state index in [2.05, 4.69) is 0 Å². The molecular weight excluding hydrogens is 208 g/mol. The number of alkyl halides is 1. The van der Waals surface area contributed by atoms with Crippen LogP contribution in [0.4, 0.5) is 0 Å². The number of hydrogen-bond acceptors (Lipinski definition) is 2. The monoisotopic (exact) mass is 220 g/mol. The summed E-state index contributed by atoms with van der Waals surface area (Å²) in [5.41, 5.74) is 0. The maximum Gasteiger partial charge on any atom is 0.160 e. The summed E-state index contributed by atoms with van der Waals surface area (Å²) in [6.07, 6.45) is 6.86. The van der Waals surface area contributed by atoms with Crippen LogP contribution in [-0.2, 0) is 9.84 Å². The third-order valence-electron chi connectivity index (χ3n) is 2.42. The predicted molar refractivity (Wildman–Crippen MR) is 55.8 cm³/mol. The van der Waals surface area contributed by atoms with E-state index in [1.807, 2.05) is 0 Å². The number of allylic oxidation sites excluding steroid dienone is 3. The van der Waals surface area contributed by atoms with Gasteiger partial charge < -0.3 is 0 Å². The lowest BCUT2D eigenvalue weighted by molar-refractivity contribution is 0.565. The summed E-state index contributed by atoms with van der Waals surface area (Å²) < 4.78 is 22.5. The lowest BCUT2D eigenvalue weighted by Gasteiger charge is -2.30. The van der Waals surface area contributed by atoms with E-state index in [4.69, 9.17) is 11.6 Å². The molecule has 0 aromatic rings. The summed E-state index contributed by atoms with van der Waals surface area (Å²) in [5, 5.41) is -0.470. The Morgan fingerprint density at radius 3 is 2.54 bits per heavy atom. The average Bonchev–Trinajstić information content (AvgIpc) is 2.10. The smallest absolute Gasteiger partial charge is 0.160 e. The molecule has 0 radical (unpaired) electrons. The van der Waals surface area contributed by atoms with Crippen molar-refractivity contribution >= 4 is 21.4 Å². The van der Waals surface area contributed by atoms with Crippen molar-refractivity contribution < 1.29 is 8.42 Å². The first-order chi connectivity index (χ1) is 5.94. The molecule has 2 atom stereocenters. The summed E-state index contributed by atoms with van der Waals surface area (Å²) in [6.45, 7) is 3.29. The highest BCUT2D eigenvalue weighted by atomic mass is 35.5. The van der Waals surface area contributed by atoms with E-state index >= 15 is 0 Å². The molecule has 0 aromatic heterocycles. The fourth-order valence-electron chi connectivity index (χ4n) is 1.28. The van der Waals surface area contributed by atoms with Crippen molar-refractivity contribution in [3.8, 4) is 0 Å². The Morgan fingerprint density at radius 2 is 2.08 bits per heavy atom. The van der Waals surface area contributed by atoms with Crippen molar-refractivity contribution in [2.24, 2.45) is 0 Å². The molecule has 0 heterocycles. The fraction of sp³-hybridized carbons (Fsp3) is 0.556. The normalized spacial score (nSPS) is 33.6. The van der Waals surface area contributed by atoms with Crippen LogP contribution >= 0.6 is 11.6 Å². The summed E-state index contributed by atoms with van der Waals surface area (Å²) in [7, 11) is -3.14. The van der Waals surface area contributed by atoms with Gasteiger partial charge in [0.05, 0.1) is 5.38 Å². The van der Waals surface area contributed by atoms with Crippen molar-refractivity contribution in [3.05, 3.63) is 24.3 Å². The van der Waals surface area contributed by atoms with Crippen LogP contribution in [0.25, 0.3) is 0 Å². The Bertz CT molecular complexity index is 343. The second-order valence-electron chi connectivity index (χ2n) is 3.23. The third-order valence-corrected chi connectivity index (χ3v) is 5.63. The first-order valence-electron chi connectivity index (χ1n) is 4.16. The quantitative estimate of drug-likeness (QED) is 0.667. The molecule has 0 N–H and O–H groups in total. The molecule has 0 bridgehead atoms. The second-order valence-corrected chi connectivity index (χ2v) is 6.39. The molecule has 74 valence electrons. The summed E-state index contributed by atoms with van der Waals surface area (Å²) in [4.78, 5) is 0. The van der Waals surface area contributed by atoms with Crippen LogP contribution in [0.15, 0.2) is 24.3 Å². The number of rotatable bonds is 2. The van der Waals surface area contributed by atoms with Gasteiger partial charge in [0.2, 0.25) is 0 Å². The van der Waals surface area contributed by atoms with E-state index < -0.39 is 20.0 Å². The molecule has 1 rings (SSSR count). The minimum Gasteiger partial charge on any atom is -0.228 e. The second kappa shape index (κ2) is 3.46. The SMILES string of the molecule is CCS(=O)(=O)C1(C)C=CC=CC1Cl. The minimum absolute atomic E-state index is 0.116. The molecule has 2 unspecified atom stereocenters. The Hall–Kier alpha value is -0.280. The molecule has 2 nitrogen and oxygen atoms in total. The molecule has 0 spiro atoms. The Labute approximate surface area is 84.2 Å². The van der Waals surface area contributed by atoms with E-state index in [1.54, 1.807) is 38.2 Å². The van der Waals surface area contributed by atoms with Gasteiger partial charge in [0.15, 0.2) is 9.84 Å². The Balaban J connectivity index is 3.15. The molecule has 0 aromatic carbocycles. The molecule has 0 fully saturated rings. The van der Waals surface area contributed by atoms with Gasteiger partial charge in [-0.15, -0.1) is 11.6 Å². The zero-order chi connectivity index (χ0) is 10.1. The molecule has 13 heavy (non-hydrogen) atoms. The van der Waals surface area contributed by atoms with Crippen LogP contribution in [0.5, 0.6) is 0 Å². The highest BCUT2D eigenvalue weighted by Gasteiger charge is 2.41. The lowest BCUT2D eigenvalue weighted by Crippen LogP contribution is -2.43. The molecule has 0 saturated carbocycles. The topological polar surface area (TPSA) is 34.1 Å². The Morgan fingerprint density at radius 1 is 1.46 bits per heavy atom. The Kier molecular flexibility index (Phi) is 2.88. The third kappa shape index (κ3) is 1.67. The van der Waals surface area contributed by atoms with Gasteiger partial charge in [0, 0.05) is 5.75 Å². The van der Waals surface area contributed by atoms with Crippen molar-refractivity contribution in [1.82, 2.24) is 0 Å². The zero-order valence-electron chi connectivity index (χ0n) is 7.70. The molecule has 0 aliphatic heterocycles. The van der Waals surface area contributed by atoms with Crippen LogP contribution in [-0.4, -0.2) is 24.3 Å². The van der Waals surface area contributed by atoms with Gasteiger partial charge in [0.25, 0.3) is 0 Å². The maximum atomic E-state index is 11.7. The summed E-state index contributed by atoms with van der Waals surface area (Å²) >= 11 is 5.97. The van der Waals surface area contributed by atoms with Crippen molar-refractivity contribution in [2.75, 3.05) is 5.75 Å². The molecule has 0 amide bonds. The maximum absolute atomic E-state index is 11.7. The first kappa shape index (κ1) is 10.8. The van der Waals surface area contributed by atoms with Gasteiger partial charge in [-0.2, -0.15) is 0 Å². The van der Waals surface area contributed by atoms with Gasteiger partial charge in [-0.25, -0.2) is 8.42 Å². The number of halogens is 1. The highest BCUT2D eigenvalue weighted by molar-refractivity contribution is 7.93. The standard InChI is InChI=1S/C9H13ClO2S/c1-3-13(11,12)9(2)7-5-4-6-8(9)10/h4-8H,3H2,1-2H3. The van der Waals surface area contributed by atoms with Crippen molar-refractivity contribution in [3.63, 3.8) is 0 Å². The predicted octanol–water partition coefficient (Wildman–Crippen LogP) is 1.91. The zero-order valence-corrected chi connectivity index (χ0v) is 9.27. The van der Waals surface area contributed by atoms with Crippen LogP contribution < -0.4 is 0 Å². The molecule has 0 saturated heterocycles. The van der Waals surface area contributed by atoms with Gasteiger partial charge in [-0.05, 0) is 6.92 Å². The first-order valence-corrected chi connectivity index (χ1v) is 6.25. The van der Waals surface area contributed by atoms with E-state index in [1.165, 1.54) is 0 Å². The van der Waals surface area contributed by atoms with Crippen LogP contribution in [0.1, 0.15) is 13.8 Å². The molecule has 1 aliphatic rings. The minimum atomic E-state index is -3.14. The molecule has 1 aliphatic carbocycles. The van der Waals surface area contributed by atoms with Gasteiger partial charge in [0.1, 0.15) is 4.75 Å². The van der Waals surface area contributed by atoms with Crippen LogP contribution in [0.3, 0.4) is 0 Å². The van der Waals surface area contributed by atoms with Gasteiger partial charge in [-0.3, -0.25) is 0 Å². The van der Waals surface area contributed by atoms with E-state index in [0.29, 0.717) is 0 Å². The molecule has 4 heteroatoms. The van der Waals surface area contributed by atoms with E-state index in [9.17, 15) is 8.42 Å². The number of sulfone groups is 1. The lowest BCUT2D eigenvalue weighted by atomic mass is 10.0. The van der Waals surface area contributed by atoms with Gasteiger partial charge in [-0.1, -0.05) is 31.2 Å². The van der Waals surface area contributed by atoms with Crippen molar-refractivity contribution in [2.45, 2.75) is 24.0 Å². The summed E-state index contributed by atoms with van der Waals surface area (Å²) in [6, 6.07) is 0. The van der Waals surface area contributed by atoms with Crippen molar-refractivity contribution in [1.29, 1.82) is 0 Å². The summed E-state index contributed by atoms with van der Waals surface area (Å²) in [5.74, 6) is 0.116. The highest BCUT2D eigenvalue weighted by Crippen LogP contribution is 2.31. The average molecular weight is 221 g/mol.